The van der Waals surface area contributed by atoms with Crippen molar-refractivity contribution >= 4 is 17.5 Å². The van der Waals surface area contributed by atoms with E-state index >= 15 is 0 Å². The van der Waals surface area contributed by atoms with Crippen molar-refractivity contribution in [1.82, 2.24) is 5.32 Å². The second-order valence-electron chi connectivity index (χ2n) is 6.95. The second-order valence-corrected chi connectivity index (χ2v) is 6.95. The van der Waals surface area contributed by atoms with Gasteiger partial charge in [0.15, 0.2) is 0 Å². The molecule has 2 aromatic carbocycles. The smallest absolute Gasteiger partial charge is 0.239 e. The van der Waals surface area contributed by atoms with Crippen LogP contribution in [-0.4, -0.2) is 18.9 Å². The Morgan fingerprint density at radius 1 is 1.00 bits per heavy atom. The van der Waals surface area contributed by atoms with Crippen LogP contribution in [0.2, 0.25) is 0 Å². The number of benzene rings is 2. The van der Waals surface area contributed by atoms with Crippen LogP contribution < -0.4 is 15.4 Å². The molecule has 0 unspecified atom stereocenters. The minimum atomic E-state index is -1.21. The summed E-state index contributed by atoms with van der Waals surface area (Å²) >= 11 is 0. The number of carbonyl (C=O) groups is 2. The van der Waals surface area contributed by atoms with Gasteiger partial charge >= 0.3 is 0 Å². The summed E-state index contributed by atoms with van der Waals surface area (Å²) in [5.74, 6) is 0.00982. The van der Waals surface area contributed by atoms with Gasteiger partial charge in [0.25, 0.3) is 0 Å². The van der Waals surface area contributed by atoms with Crippen LogP contribution in [0.1, 0.15) is 30.5 Å². The van der Waals surface area contributed by atoms with Crippen LogP contribution in [0.3, 0.4) is 0 Å². The third-order valence-corrected chi connectivity index (χ3v) is 4.25. The van der Waals surface area contributed by atoms with Gasteiger partial charge in [-0.2, -0.15) is 0 Å². The predicted octanol–water partition coefficient (Wildman–Crippen LogP) is 3.59. The monoisotopic (exact) mass is 354 g/mol. The quantitative estimate of drug-likeness (QED) is 0.779. The number of ether oxygens (including phenoxy) is 1. The maximum Gasteiger partial charge on any atom is 0.239 e. The minimum Gasteiger partial charge on any atom is -0.496 e. The number of methoxy groups -OCH3 is 1. The van der Waals surface area contributed by atoms with Crippen molar-refractivity contribution < 1.29 is 14.3 Å². The maximum atomic E-state index is 12.6. The van der Waals surface area contributed by atoms with E-state index in [2.05, 4.69) is 10.6 Å². The van der Waals surface area contributed by atoms with Gasteiger partial charge in [-0.05, 0) is 57.0 Å². The zero-order chi connectivity index (χ0) is 19.3. The number of para-hydroxylation sites is 1. The van der Waals surface area contributed by atoms with E-state index in [9.17, 15) is 9.59 Å². The van der Waals surface area contributed by atoms with E-state index in [1.807, 2.05) is 56.3 Å². The molecule has 0 heterocycles. The number of amides is 2. The molecule has 0 fully saturated rings. The Balaban J connectivity index is 2.05. The van der Waals surface area contributed by atoms with Crippen LogP contribution in [0.5, 0.6) is 5.75 Å². The summed E-state index contributed by atoms with van der Waals surface area (Å²) in [6, 6.07) is 13.2. The summed E-state index contributed by atoms with van der Waals surface area (Å²) in [6.45, 7) is 7.45. The fraction of sp³-hybridized carbons (Fsp3) is 0.333. The molecule has 0 saturated heterocycles. The summed E-state index contributed by atoms with van der Waals surface area (Å²) in [5.41, 5.74) is 2.45. The van der Waals surface area contributed by atoms with E-state index in [1.54, 1.807) is 21.0 Å². The first kappa shape index (κ1) is 19.5. The molecule has 0 aromatic heterocycles. The third kappa shape index (κ3) is 4.63. The predicted molar refractivity (Wildman–Crippen MR) is 103 cm³/mol. The number of hydrogen-bond acceptors (Lipinski definition) is 3. The minimum absolute atomic E-state index is 0.295. The highest BCUT2D eigenvalue weighted by atomic mass is 16.5. The zero-order valence-corrected chi connectivity index (χ0v) is 16.0. The van der Waals surface area contributed by atoms with E-state index in [1.165, 1.54) is 0 Å². The lowest BCUT2D eigenvalue weighted by atomic mass is 9.90. The van der Waals surface area contributed by atoms with E-state index in [0.717, 1.165) is 16.7 Å². The summed E-state index contributed by atoms with van der Waals surface area (Å²) in [4.78, 5) is 25.2. The van der Waals surface area contributed by atoms with Gasteiger partial charge < -0.3 is 15.4 Å². The van der Waals surface area contributed by atoms with Crippen LogP contribution in [-0.2, 0) is 16.1 Å². The zero-order valence-electron chi connectivity index (χ0n) is 16.0. The molecule has 0 aliphatic rings. The van der Waals surface area contributed by atoms with Crippen molar-refractivity contribution in [3.63, 3.8) is 0 Å². The molecule has 5 nitrogen and oxygen atoms in total. The molecule has 0 aliphatic carbocycles. The fourth-order valence-electron chi connectivity index (χ4n) is 2.68. The second kappa shape index (κ2) is 8.04. The standard InChI is InChI=1S/C21H26N2O3/c1-14-10-15(2)12-17(11-14)23-20(25)21(3,4)19(24)22-13-16-8-6-7-9-18(16)26-5/h6-12H,13H2,1-5H3,(H,22,24)(H,23,25). The van der Waals surface area contributed by atoms with Crippen molar-refractivity contribution in [2.24, 2.45) is 5.41 Å². The van der Waals surface area contributed by atoms with E-state index in [4.69, 9.17) is 4.74 Å². The van der Waals surface area contributed by atoms with Crippen molar-refractivity contribution in [3.05, 3.63) is 59.2 Å². The molecular formula is C21H26N2O3. The van der Waals surface area contributed by atoms with Gasteiger partial charge in [-0.3, -0.25) is 9.59 Å². The molecule has 2 amide bonds. The Bertz CT molecular complexity index is 792. The molecule has 0 bridgehead atoms. The van der Waals surface area contributed by atoms with Crippen molar-refractivity contribution in [3.8, 4) is 5.75 Å². The van der Waals surface area contributed by atoms with Crippen LogP contribution >= 0.6 is 0 Å². The molecule has 138 valence electrons. The van der Waals surface area contributed by atoms with Crippen molar-refractivity contribution in [2.45, 2.75) is 34.2 Å². The Labute approximate surface area is 154 Å². The lowest BCUT2D eigenvalue weighted by Gasteiger charge is -2.23. The van der Waals surface area contributed by atoms with Crippen molar-refractivity contribution in [2.75, 3.05) is 12.4 Å². The molecule has 2 aromatic rings. The number of aryl methyl sites for hydroxylation is 2. The molecule has 2 N–H and O–H groups in total. The summed E-state index contributed by atoms with van der Waals surface area (Å²) < 4.78 is 5.28. The van der Waals surface area contributed by atoms with Crippen LogP contribution in [0, 0.1) is 19.3 Å². The SMILES string of the molecule is COc1ccccc1CNC(=O)C(C)(C)C(=O)Nc1cc(C)cc(C)c1. The van der Waals surface area contributed by atoms with Gasteiger partial charge in [0.05, 0.1) is 7.11 Å². The number of anilines is 1. The highest BCUT2D eigenvalue weighted by Crippen LogP contribution is 2.22. The fourth-order valence-corrected chi connectivity index (χ4v) is 2.68. The van der Waals surface area contributed by atoms with E-state index in [0.29, 0.717) is 18.0 Å². The molecule has 2 rings (SSSR count). The van der Waals surface area contributed by atoms with Gasteiger partial charge in [-0.1, -0.05) is 24.3 Å². The first-order valence-electron chi connectivity index (χ1n) is 8.54. The molecule has 26 heavy (non-hydrogen) atoms. The molecule has 0 spiro atoms. The van der Waals surface area contributed by atoms with E-state index in [-0.39, 0.29) is 11.8 Å². The lowest BCUT2D eigenvalue weighted by molar-refractivity contribution is -0.138. The number of hydrogen-bond donors (Lipinski definition) is 2. The molecule has 5 heteroatoms. The Hall–Kier alpha value is -2.82. The number of rotatable bonds is 6. The first-order valence-corrected chi connectivity index (χ1v) is 8.54. The normalized spacial score (nSPS) is 11.0. The van der Waals surface area contributed by atoms with Crippen LogP contribution in [0.15, 0.2) is 42.5 Å². The molecule has 0 aliphatic heterocycles. The van der Waals surface area contributed by atoms with Gasteiger partial charge in [0.2, 0.25) is 11.8 Å². The summed E-state index contributed by atoms with van der Waals surface area (Å²) in [7, 11) is 1.59. The highest BCUT2D eigenvalue weighted by molar-refractivity contribution is 6.09. The maximum absolute atomic E-state index is 12.6. The Morgan fingerprint density at radius 3 is 2.23 bits per heavy atom. The van der Waals surface area contributed by atoms with Crippen LogP contribution in [0.4, 0.5) is 5.69 Å². The Morgan fingerprint density at radius 2 is 1.62 bits per heavy atom. The van der Waals surface area contributed by atoms with E-state index < -0.39 is 5.41 Å². The average molecular weight is 354 g/mol. The molecular weight excluding hydrogens is 328 g/mol. The molecule has 0 saturated carbocycles. The number of carbonyl (C=O) groups excluding carboxylic acids is 2. The van der Waals surface area contributed by atoms with Crippen molar-refractivity contribution in [1.29, 1.82) is 0 Å². The Kier molecular flexibility index (Phi) is 6.03. The summed E-state index contributed by atoms with van der Waals surface area (Å²) in [5, 5.41) is 5.66. The van der Waals surface area contributed by atoms with Gasteiger partial charge in [0, 0.05) is 17.8 Å². The molecule has 0 radical (unpaired) electrons. The third-order valence-electron chi connectivity index (χ3n) is 4.25. The topological polar surface area (TPSA) is 67.4 Å². The van der Waals surface area contributed by atoms with Gasteiger partial charge in [0.1, 0.15) is 11.2 Å². The first-order chi connectivity index (χ1) is 12.2. The average Bonchev–Trinajstić information content (AvgIpc) is 2.58. The number of nitrogens with one attached hydrogen (secondary N) is 2. The van der Waals surface area contributed by atoms with Gasteiger partial charge in [-0.25, -0.2) is 0 Å². The highest BCUT2D eigenvalue weighted by Gasteiger charge is 2.36. The largest absolute Gasteiger partial charge is 0.496 e. The summed E-state index contributed by atoms with van der Waals surface area (Å²) in [6.07, 6.45) is 0. The van der Waals surface area contributed by atoms with Gasteiger partial charge in [-0.15, -0.1) is 0 Å². The van der Waals surface area contributed by atoms with Crippen LogP contribution in [0.25, 0.3) is 0 Å². The molecule has 0 atom stereocenters. The lowest BCUT2D eigenvalue weighted by Crippen LogP contribution is -2.44.